The first-order valence-electron chi connectivity index (χ1n) is 12.4. The number of carbonyl (C=O) groups is 2. The van der Waals surface area contributed by atoms with E-state index in [1.54, 1.807) is 12.1 Å². The number of likely N-dealkylation sites (N-methyl/N-ethyl adjacent to an activating group) is 1. The molecule has 0 aliphatic rings. The zero-order valence-electron chi connectivity index (χ0n) is 23.5. The number of nitrogens with one attached hydrogen (secondary N) is 1. The summed E-state index contributed by atoms with van der Waals surface area (Å²) in [6.07, 6.45) is 0. The van der Waals surface area contributed by atoms with Crippen molar-refractivity contribution in [2.45, 2.75) is 24.4 Å². The van der Waals surface area contributed by atoms with E-state index in [4.69, 9.17) is 49.0 Å². The Kier molecular flexibility index (Phi) is 11.2. The molecule has 0 aromatic heterocycles. The van der Waals surface area contributed by atoms with Crippen LogP contribution >= 0.6 is 34.8 Å². The lowest BCUT2D eigenvalue weighted by Gasteiger charge is -2.32. The Hall–Kier alpha value is -3.38. The second kappa shape index (κ2) is 14.2. The van der Waals surface area contributed by atoms with Crippen molar-refractivity contribution in [2.75, 3.05) is 39.2 Å². The molecular weight excluding hydrogens is 629 g/mol. The number of rotatable bonds is 12. The summed E-state index contributed by atoms with van der Waals surface area (Å²) in [7, 11) is 1.12. The SMILES string of the molecule is CNC(=O)C(C)N(Cc1ccc(Cl)cc1Cl)C(=O)CN(c1cc(Cl)ccc1OC)S(=O)(=O)c1ccc(OC)c(OC)c1. The highest BCUT2D eigenvalue weighted by Crippen LogP contribution is 2.37. The number of carbonyl (C=O) groups excluding carboxylic acids is 2. The maximum Gasteiger partial charge on any atom is 0.265 e. The fraction of sp³-hybridized carbons (Fsp3) is 0.286. The van der Waals surface area contributed by atoms with Gasteiger partial charge in [0.25, 0.3) is 10.0 Å². The van der Waals surface area contributed by atoms with Crippen LogP contribution in [0.25, 0.3) is 0 Å². The average Bonchev–Trinajstić information content (AvgIpc) is 2.97. The number of halogens is 3. The fourth-order valence-electron chi connectivity index (χ4n) is 4.10. The lowest BCUT2D eigenvalue weighted by Crippen LogP contribution is -2.50. The Morgan fingerprint density at radius 3 is 2.05 bits per heavy atom. The molecule has 14 heteroatoms. The Balaban J connectivity index is 2.17. The highest BCUT2D eigenvalue weighted by atomic mass is 35.5. The lowest BCUT2D eigenvalue weighted by molar-refractivity contribution is -0.139. The summed E-state index contributed by atoms with van der Waals surface area (Å²) in [5, 5.41) is 3.38. The minimum atomic E-state index is -4.46. The molecule has 3 aromatic carbocycles. The molecule has 0 radical (unpaired) electrons. The van der Waals surface area contributed by atoms with Crippen LogP contribution in [0, 0.1) is 0 Å². The number of anilines is 1. The van der Waals surface area contributed by atoms with Crippen molar-refractivity contribution in [1.29, 1.82) is 0 Å². The summed E-state index contributed by atoms with van der Waals surface area (Å²) < 4.78 is 45.2. The average molecular weight is 659 g/mol. The number of nitrogens with zero attached hydrogens (tertiary/aromatic N) is 2. The Labute approximate surface area is 260 Å². The Bertz CT molecular complexity index is 1570. The molecule has 1 N–H and O–H groups in total. The van der Waals surface area contributed by atoms with Crippen molar-refractivity contribution in [3.8, 4) is 17.2 Å². The predicted octanol–water partition coefficient (Wildman–Crippen LogP) is 5.03. The van der Waals surface area contributed by atoms with Gasteiger partial charge in [-0.1, -0.05) is 40.9 Å². The van der Waals surface area contributed by atoms with Crippen molar-refractivity contribution in [3.05, 3.63) is 75.2 Å². The van der Waals surface area contributed by atoms with Gasteiger partial charge in [0.1, 0.15) is 18.3 Å². The van der Waals surface area contributed by atoms with Crippen LogP contribution in [0.2, 0.25) is 15.1 Å². The summed E-state index contributed by atoms with van der Waals surface area (Å²) in [5.74, 6) is -0.561. The number of amides is 2. The fourth-order valence-corrected chi connectivity index (χ4v) is 6.17. The van der Waals surface area contributed by atoms with Gasteiger partial charge in [0.15, 0.2) is 11.5 Å². The van der Waals surface area contributed by atoms with Gasteiger partial charge in [-0.25, -0.2) is 8.42 Å². The predicted molar refractivity (Wildman–Crippen MR) is 163 cm³/mol. The summed E-state index contributed by atoms with van der Waals surface area (Å²) in [6.45, 7) is 0.688. The third kappa shape index (κ3) is 7.33. The van der Waals surface area contributed by atoms with Gasteiger partial charge in [-0.15, -0.1) is 0 Å². The first kappa shape index (κ1) is 33.1. The van der Waals surface area contributed by atoms with Gasteiger partial charge in [-0.3, -0.25) is 13.9 Å². The lowest BCUT2D eigenvalue weighted by atomic mass is 10.1. The third-order valence-corrected chi connectivity index (χ3v) is 8.98. The largest absolute Gasteiger partial charge is 0.495 e. The quantitative estimate of drug-likeness (QED) is 0.290. The van der Waals surface area contributed by atoms with Gasteiger partial charge in [0.2, 0.25) is 11.8 Å². The Morgan fingerprint density at radius 2 is 1.45 bits per heavy atom. The Morgan fingerprint density at radius 1 is 0.857 bits per heavy atom. The van der Waals surface area contributed by atoms with Crippen LogP contribution in [0.3, 0.4) is 0 Å². The molecular formula is C28H30Cl3N3O7S. The maximum absolute atomic E-state index is 14.2. The van der Waals surface area contributed by atoms with Gasteiger partial charge in [-0.2, -0.15) is 0 Å². The van der Waals surface area contributed by atoms with Crippen LogP contribution in [0.5, 0.6) is 17.2 Å². The number of sulfonamides is 1. The van der Waals surface area contributed by atoms with E-state index in [0.717, 1.165) is 4.31 Å². The van der Waals surface area contributed by atoms with Crippen LogP contribution in [0.4, 0.5) is 5.69 Å². The van der Waals surface area contributed by atoms with Crippen molar-refractivity contribution in [2.24, 2.45) is 0 Å². The zero-order chi connectivity index (χ0) is 31.2. The van der Waals surface area contributed by atoms with Gasteiger partial charge in [-0.05, 0) is 55.0 Å². The molecule has 10 nitrogen and oxygen atoms in total. The molecule has 0 aliphatic carbocycles. The summed E-state index contributed by atoms with van der Waals surface area (Å²) in [6, 6.07) is 12.1. The zero-order valence-corrected chi connectivity index (χ0v) is 26.6. The van der Waals surface area contributed by atoms with E-state index in [0.29, 0.717) is 16.3 Å². The molecule has 42 heavy (non-hydrogen) atoms. The van der Waals surface area contributed by atoms with Crippen LogP contribution in [-0.4, -0.2) is 66.1 Å². The molecule has 0 spiro atoms. The standard InChI is InChI=1S/C28H30Cl3N3O7S/c1-17(28(36)32-2)33(15-18-6-7-19(29)12-22(18)31)27(35)16-34(23-13-20(30)8-10-24(23)39-3)42(37,38)21-9-11-25(40-4)26(14-21)41-5/h6-14,17H,15-16H2,1-5H3,(H,32,36). The molecule has 3 aromatic rings. The first-order chi connectivity index (χ1) is 19.9. The molecule has 0 fully saturated rings. The molecule has 2 amide bonds. The van der Waals surface area contributed by atoms with E-state index in [1.807, 2.05) is 0 Å². The van der Waals surface area contributed by atoms with E-state index in [2.05, 4.69) is 5.32 Å². The maximum atomic E-state index is 14.2. The molecule has 226 valence electrons. The second-order valence-electron chi connectivity index (χ2n) is 8.89. The topological polar surface area (TPSA) is 114 Å². The van der Waals surface area contributed by atoms with Crippen molar-refractivity contribution in [3.63, 3.8) is 0 Å². The smallest absolute Gasteiger partial charge is 0.265 e. The van der Waals surface area contributed by atoms with E-state index in [9.17, 15) is 18.0 Å². The normalized spacial score (nSPS) is 11.8. The minimum Gasteiger partial charge on any atom is -0.495 e. The number of methoxy groups -OCH3 is 3. The van der Waals surface area contributed by atoms with E-state index in [-0.39, 0.29) is 38.7 Å². The number of benzene rings is 3. The summed E-state index contributed by atoms with van der Waals surface area (Å²) >= 11 is 18.7. The highest BCUT2D eigenvalue weighted by molar-refractivity contribution is 7.92. The summed E-state index contributed by atoms with van der Waals surface area (Å²) in [4.78, 5) is 27.7. The van der Waals surface area contributed by atoms with E-state index in [1.165, 1.54) is 82.7 Å². The van der Waals surface area contributed by atoms with E-state index >= 15 is 0 Å². The number of ether oxygens (including phenoxy) is 3. The molecule has 1 unspecified atom stereocenters. The second-order valence-corrected chi connectivity index (χ2v) is 12.0. The first-order valence-corrected chi connectivity index (χ1v) is 15.0. The van der Waals surface area contributed by atoms with Gasteiger partial charge < -0.3 is 24.4 Å². The highest BCUT2D eigenvalue weighted by Gasteiger charge is 2.34. The van der Waals surface area contributed by atoms with E-state index < -0.39 is 34.4 Å². The summed E-state index contributed by atoms with van der Waals surface area (Å²) in [5.41, 5.74) is 0.505. The minimum absolute atomic E-state index is 0.00482. The molecule has 0 aliphatic heterocycles. The third-order valence-electron chi connectivity index (χ3n) is 6.40. The molecule has 3 rings (SSSR count). The van der Waals surface area contributed by atoms with Gasteiger partial charge >= 0.3 is 0 Å². The van der Waals surface area contributed by atoms with Crippen LogP contribution in [0.1, 0.15) is 12.5 Å². The van der Waals surface area contributed by atoms with Crippen molar-refractivity contribution in [1.82, 2.24) is 10.2 Å². The molecule has 0 heterocycles. The van der Waals surface area contributed by atoms with Crippen LogP contribution in [0.15, 0.2) is 59.5 Å². The monoisotopic (exact) mass is 657 g/mol. The van der Waals surface area contributed by atoms with Crippen molar-refractivity contribution < 1.29 is 32.2 Å². The van der Waals surface area contributed by atoms with Gasteiger partial charge in [0, 0.05) is 34.7 Å². The van der Waals surface area contributed by atoms with Crippen LogP contribution < -0.4 is 23.8 Å². The number of hydrogen-bond donors (Lipinski definition) is 1. The number of hydrogen-bond acceptors (Lipinski definition) is 7. The molecule has 0 saturated heterocycles. The van der Waals surface area contributed by atoms with Crippen molar-refractivity contribution >= 4 is 62.3 Å². The molecule has 0 saturated carbocycles. The molecule has 1 atom stereocenters. The van der Waals surface area contributed by atoms with Crippen LogP contribution in [-0.2, 0) is 26.2 Å². The van der Waals surface area contributed by atoms with Gasteiger partial charge in [0.05, 0.1) is 31.9 Å². The molecule has 0 bridgehead atoms.